The first-order chi connectivity index (χ1) is 14.0. The number of ether oxygens (including phenoxy) is 2. The molecule has 5 nitrogen and oxygen atoms in total. The van der Waals surface area contributed by atoms with Crippen LogP contribution in [-0.4, -0.2) is 54.2 Å². The third-order valence-electron chi connectivity index (χ3n) is 4.83. The van der Waals surface area contributed by atoms with Gasteiger partial charge in [0.2, 0.25) is 0 Å². The fraction of sp³-hybridized carbons (Fsp3) is 0.409. The van der Waals surface area contributed by atoms with E-state index < -0.39 is 17.7 Å². The normalized spacial score (nSPS) is 17.9. The maximum absolute atomic E-state index is 13.3. The molecule has 1 aliphatic heterocycles. The van der Waals surface area contributed by atoms with Crippen LogP contribution in [0.2, 0.25) is 0 Å². The zero-order chi connectivity index (χ0) is 20.8. The molecule has 0 bridgehead atoms. The molecule has 1 aliphatic rings. The number of aliphatic hydroxyl groups excluding tert-OH is 1. The fourth-order valence-corrected chi connectivity index (χ4v) is 3.35. The molecule has 2 atom stereocenters. The summed E-state index contributed by atoms with van der Waals surface area (Å²) in [5.74, 6) is -1.09. The number of β-amino-alcohol motifs (C(OH)–C–C–N with tert-alkyl or cyclic N) is 1. The molecule has 0 saturated carbocycles. The van der Waals surface area contributed by atoms with E-state index in [1.165, 1.54) is 6.07 Å². The number of halogens is 2. The lowest BCUT2D eigenvalue weighted by atomic mass is 10.1. The maximum Gasteiger partial charge on any atom is 0.166 e. The van der Waals surface area contributed by atoms with Gasteiger partial charge in [-0.1, -0.05) is 19.1 Å². The highest BCUT2D eigenvalue weighted by Gasteiger charge is 2.26. The molecular formula is C22H25F2NO4. The Kier molecular flexibility index (Phi) is 7.17. The van der Waals surface area contributed by atoms with Crippen molar-refractivity contribution in [3.05, 3.63) is 59.7 Å². The first-order valence-corrected chi connectivity index (χ1v) is 9.73. The van der Waals surface area contributed by atoms with E-state index >= 15 is 0 Å². The minimum atomic E-state index is -0.938. The molecule has 0 spiro atoms. The van der Waals surface area contributed by atoms with Crippen molar-refractivity contribution in [2.75, 3.05) is 26.2 Å². The number of hydrogen-bond donors (Lipinski definition) is 1. The molecule has 0 radical (unpaired) electrons. The van der Waals surface area contributed by atoms with E-state index in [0.717, 1.165) is 25.1 Å². The van der Waals surface area contributed by atoms with E-state index in [4.69, 9.17) is 9.47 Å². The summed E-state index contributed by atoms with van der Waals surface area (Å²) in [7, 11) is 0. The van der Waals surface area contributed by atoms with Crippen molar-refractivity contribution in [1.82, 2.24) is 4.90 Å². The molecule has 1 heterocycles. The van der Waals surface area contributed by atoms with Crippen LogP contribution in [0.25, 0.3) is 0 Å². The van der Waals surface area contributed by atoms with Gasteiger partial charge in [0, 0.05) is 32.1 Å². The monoisotopic (exact) mass is 405 g/mol. The maximum atomic E-state index is 13.3. The van der Waals surface area contributed by atoms with E-state index in [2.05, 4.69) is 0 Å². The lowest BCUT2D eigenvalue weighted by molar-refractivity contribution is 0.0710. The second kappa shape index (κ2) is 9.80. The lowest BCUT2D eigenvalue weighted by Crippen LogP contribution is -2.35. The van der Waals surface area contributed by atoms with Gasteiger partial charge in [-0.05, 0) is 30.7 Å². The predicted octanol–water partition coefficient (Wildman–Crippen LogP) is 3.45. The van der Waals surface area contributed by atoms with Crippen LogP contribution in [0.1, 0.15) is 30.1 Å². The lowest BCUT2D eigenvalue weighted by Gasteiger charge is -2.21. The molecule has 7 heteroatoms. The summed E-state index contributed by atoms with van der Waals surface area (Å²) in [6.07, 6.45) is 0.217. The quantitative estimate of drug-likeness (QED) is 0.648. The van der Waals surface area contributed by atoms with Gasteiger partial charge in [-0.3, -0.25) is 9.69 Å². The Morgan fingerprint density at radius 3 is 2.79 bits per heavy atom. The van der Waals surface area contributed by atoms with Crippen molar-refractivity contribution in [2.45, 2.75) is 32.0 Å². The highest BCUT2D eigenvalue weighted by Crippen LogP contribution is 2.22. The van der Waals surface area contributed by atoms with E-state index in [1.54, 1.807) is 31.2 Å². The van der Waals surface area contributed by atoms with Crippen molar-refractivity contribution < 1.29 is 28.2 Å². The second-order valence-corrected chi connectivity index (χ2v) is 7.10. The highest BCUT2D eigenvalue weighted by atomic mass is 19.2. The van der Waals surface area contributed by atoms with Crippen LogP contribution in [0.5, 0.6) is 11.5 Å². The SMILES string of the molecule is CCC(=O)c1ccccc1OCC(O)CN1CCC(Oc2ccc(F)c(F)c2)C1. The Bertz CT molecular complexity index is 845. The van der Waals surface area contributed by atoms with Crippen molar-refractivity contribution in [3.8, 4) is 11.5 Å². The number of aliphatic hydroxyl groups is 1. The minimum absolute atomic E-state index is 0.00754. The van der Waals surface area contributed by atoms with E-state index in [0.29, 0.717) is 30.8 Å². The molecule has 1 saturated heterocycles. The first kappa shape index (κ1) is 21.2. The van der Waals surface area contributed by atoms with Crippen LogP contribution in [0.15, 0.2) is 42.5 Å². The molecule has 2 unspecified atom stereocenters. The Balaban J connectivity index is 1.46. The summed E-state index contributed by atoms with van der Waals surface area (Å²) in [4.78, 5) is 14.0. The number of benzene rings is 2. The van der Waals surface area contributed by atoms with Gasteiger partial charge in [0.25, 0.3) is 0 Å². The van der Waals surface area contributed by atoms with Crippen LogP contribution in [0, 0.1) is 11.6 Å². The number of hydrogen-bond acceptors (Lipinski definition) is 5. The van der Waals surface area contributed by atoms with E-state index in [1.807, 2.05) is 4.90 Å². The average Bonchev–Trinajstić information content (AvgIpc) is 3.15. The number of carbonyl (C=O) groups excluding carboxylic acids is 1. The molecule has 29 heavy (non-hydrogen) atoms. The summed E-state index contributed by atoms with van der Waals surface area (Å²) in [6, 6.07) is 10.5. The van der Waals surface area contributed by atoms with Crippen LogP contribution in [0.3, 0.4) is 0 Å². The van der Waals surface area contributed by atoms with Crippen LogP contribution in [0.4, 0.5) is 8.78 Å². The number of likely N-dealkylation sites (tertiary alicyclic amines) is 1. The van der Waals surface area contributed by atoms with Crippen LogP contribution < -0.4 is 9.47 Å². The molecule has 1 N–H and O–H groups in total. The molecule has 2 aromatic carbocycles. The van der Waals surface area contributed by atoms with Gasteiger partial charge in [0.05, 0.1) is 5.56 Å². The molecule has 2 aromatic rings. The van der Waals surface area contributed by atoms with Crippen molar-refractivity contribution in [2.24, 2.45) is 0 Å². The van der Waals surface area contributed by atoms with E-state index in [9.17, 15) is 18.7 Å². The van der Waals surface area contributed by atoms with E-state index in [-0.39, 0.29) is 24.2 Å². The smallest absolute Gasteiger partial charge is 0.166 e. The number of carbonyl (C=O) groups is 1. The molecule has 1 fully saturated rings. The Morgan fingerprint density at radius 1 is 1.24 bits per heavy atom. The topological polar surface area (TPSA) is 59.0 Å². The molecule has 0 aliphatic carbocycles. The van der Waals surface area contributed by atoms with Gasteiger partial charge in [0.15, 0.2) is 17.4 Å². The predicted molar refractivity (Wildman–Crippen MR) is 104 cm³/mol. The van der Waals surface area contributed by atoms with Crippen molar-refractivity contribution >= 4 is 5.78 Å². The van der Waals surface area contributed by atoms with Crippen LogP contribution in [-0.2, 0) is 0 Å². The third-order valence-corrected chi connectivity index (χ3v) is 4.83. The summed E-state index contributed by atoms with van der Waals surface area (Å²) < 4.78 is 37.7. The van der Waals surface area contributed by atoms with Gasteiger partial charge in [-0.25, -0.2) is 8.78 Å². The summed E-state index contributed by atoms with van der Waals surface area (Å²) in [5.41, 5.74) is 0.517. The summed E-state index contributed by atoms with van der Waals surface area (Å²) in [5, 5.41) is 10.3. The van der Waals surface area contributed by atoms with Crippen molar-refractivity contribution in [3.63, 3.8) is 0 Å². The fourth-order valence-electron chi connectivity index (χ4n) is 3.35. The molecule has 3 rings (SSSR count). The first-order valence-electron chi connectivity index (χ1n) is 9.73. The van der Waals surface area contributed by atoms with Crippen molar-refractivity contribution in [1.29, 1.82) is 0 Å². The summed E-state index contributed by atoms with van der Waals surface area (Å²) in [6.45, 7) is 3.54. The minimum Gasteiger partial charge on any atom is -0.490 e. The average molecular weight is 405 g/mol. The third kappa shape index (κ3) is 5.74. The molecule has 156 valence electrons. The standard InChI is InChI=1S/C22H25F2NO4/c1-2-21(27)18-5-3-4-6-22(18)28-14-15(26)12-25-10-9-17(13-25)29-16-7-8-19(23)20(24)11-16/h3-8,11,15,17,26H,2,9-10,12-14H2,1H3. The zero-order valence-electron chi connectivity index (χ0n) is 16.3. The van der Waals surface area contributed by atoms with Gasteiger partial charge in [-0.2, -0.15) is 0 Å². The van der Waals surface area contributed by atoms with Crippen LogP contribution >= 0.6 is 0 Å². The van der Waals surface area contributed by atoms with Gasteiger partial charge in [-0.15, -0.1) is 0 Å². The zero-order valence-corrected chi connectivity index (χ0v) is 16.3. The number of para-hydroxylation sites is 1. The second-order valence-electron chi connectivity index (χ2n) is 7.10. The molecule has 0 aromatic heterocycles. The number of ketones is 1. The number of nitrogens with zero attached hydrogens (tertiary/aromatic N) is 1. The highest BCUT2D eigenvalue weighted by molar-refractivity contribution is 5.98. The Hall–Kier alpha value is -2.51. The number of Topliss-reactive ketones (excluding diaryl/α,β-unsaturated/α-hetero) is 1. The summed E-state index contributed by atoms with van der Waals surface area (Å²) >= 11 is 0. The Labute approximate surface area is 168 Å². The van der Waals surface area contributed by atoms with Gasteiger partial charge < -0.3 is 14.6 Å². The Morgan fingerprint density at radius 2 is 2.03 bits per heavy atom. The van der Waals surface area contributed by atoms with Gasteiger partial charge in [0.1, 0.15) is 30.3 Å². The largest absolute Gasteiger partial charge is 0.490 e. The molecule has 0 amide bonds. The molecular weight excluding hydrogens is 380 g/mol. The van der Waals surface area contributed by atoms with Gasteiger partial charge >= 0.3 is 0 Å². The number of rotatable bonds is 9.